The molecule has 1 unspecified atom stereocenters. The molecule has 0 saturated heterocycles. The van der Waals surface area contributed by atoms with E-state index in [0.29, 0.717) is 0 Å². The molecule has 0 amide bonds. The van der Waals surface area contributed by atoms with Gasteiger partial charge in [0.1, 0.15) is 0 Å². The van der Waals surface area contributed by atoms with Gasteiger partial charge in [-0.15, -0.1) is 0 Å². The molecule has 0 spiro atoms. The highest BCUT2D eigenvalue weighted by Crippen LogP contribution is 2.62. The van der Waals surface area contributed by atoms with Crippen LogP contribution in [0.15, 0.2) is 133 Å². The molecule has 2 aliphatic rings. The first-order valence-electron chi connectivity index (χ1n) is 12.9. The zero-order chi connectivity index (χ0) is 24.1. The Labute approximate surface area is 213 Å². The van der Waals surface area contributed by atoms with Crippen molar-refractivity contribution in [3.05, 3.63) is 172 Å². The smallest absolute Gasteiger partial charge is 0.0415 e. The van der Waals surface area contributed by atoms with Crippen LogP contribution in [0.1, 0.15) is 50.8 Å². The van der Waals surface area contributed by atoms with Crippen LogP contribution >= 0.6 is 0 Å². The van der Waals surface area contributed by atoms with Gasteiger partial charge in [0.25, 0.3) is 0 Å². The van der Waals surface area contributed by atoms with Gasteiger partial charge in [-0.1, -0.05) is 145 Å². The second kappa shape index (κ2) is 8.21. The van der Waals surface area contributed by atoms with Gasteiger partial charge in [-0.25, -0.2) is 0 Å². The first kappa shape index (κ1) is 21.1. The second-order valence-corrected chi connectivity index (χ2v) is 10.2. The van der Waals surface area contributed by atoms with E-state index in [0.717, 1.165) is 0 Å². The van der Waals surface area contributed by atoms with Gasteiger partial charge >= 0.3 is 0 Å². The fourth-order valence-electron chi connectivity index (χ4n) is 6.93. The van der Waals surface area contributed by atoms with Crippen molar-refractivity contribution in [2.45, 2.75) is 24.2 Å². The zero-order valence-electron chi connectivity index (χ0n) is 20.4. The third kappa shape index (κ3) is 2.94. The van der Waals surface area contributed by atoms with Crippen molar-refractivity contribution in [2.75, 3.05) is 0 Å². The molecule has 0 aliphatic heterocycles. The summed E-state index contributed by atoms with van der Waals surface area (Å²) in [4.78, 5) is 0. The lowest BCUT2D eigenvalue weighted by atomic mass is 9.55. The number of aryl methyl sites for hydroxylation is 1. The molecular weight excluding hydrogens is 432 g/mol. The van der Waals surface area contributed by atoms with Crippen molar-refractivity contribution in [1.29, 1.82) is 0 Å². The van der Waals surface area contributed by atoms with Crippen LogP contribution in [-0.2, 0) is 5.41 Å². The maximum absolute atomic E-state index is 2.47. The van der Waals surface area contributed by atoms with Crippen LogP contribution in [0.4, 0.5) is 0 Å². The van der Waals surface area contributed by atoms with Gasteiger partial charge in [0.05, 0.1) is 0 Å². The molecule has 7 rings (SSSR count). The van der Waals surface area contributed by atoms with E-state index in [2.05, 4.69) is 146 Å². The summed E-state index contributed by atoms with van der Waals surface area (Å²) < 4.78 is 0. The van der Waals surface area contributed by atoms with Gasteiger partial charge in [0.15, 0.2) is 0 Å². The molecule has 0 N–H and O–H groups in total. The Kier molecular flexibility index (Phi) is 4.82. The van der Waals surface area contributed by atoms with Crippen molar-refractivity contribution in [1.82, 2.24) is 0 Å². The molecule has 36 heavy (non-hydrogen) atoms. The van der Waals surface area contributed by atoms with Crippen molar-refractivity contribution >= 4 is 6.08 Å². The second-order valence-electron chi connectivity index (χ2n) is 10.2. The predicted octanol–water partition coefficient (Wildman–Crippen LogP) is 8.90. The molecule has 0 heterocycles. The van der Waals surface area contributed by atoms with Gasteiger partial charge in [-0.2, -0.15) is 0 Å². The minimum Gasteiger partial charge on any atom is -0.0751 e. The molecule has 0 bridgehead atoms. The number of benzene rings is 5. The van der Waals surface area contributed by atoms with E-state index in [1.165, 1.54) is 50.1 Å². The standard InChI is InChI=1S/C36H28/c1-25-20-21-26-22-23-34(33(26)24-25)36(27-12-4-2-5-13-27,28-14-6-3-7-15-28)35-31-18-10-8-16-29(31)30-17-9-11-19-32(30)35/h2-24,34-35H,1H3. The summed E-state index contributed by atoms with van der Waals surface area (Å²) >= 11 is 0. The molecule has 5 aromatic rings. The summed E-state index contributed by atoms with van der Waals surface area (Å²) in [5.74, 6) is 0.372. The maximum Gasteiger partial charge on any atom is 0.0415 e. The average molecular weight is 461 g/mol. The van der Waals surface area contributed by atoms with Crippen LogP contribution in [0.2, 0.25) is 0 Å². The predicted molar refractivity (Wildman–Crippen MR) is 150 cm³/mol. The lowest BCUT2D eigenvalue weighted by Crippen LogP contribution is -2.40. The lowest BCUT2D eigenvalue weighted by molar-refractivity contribution is 0.417. The van der Waals surface area contributed by atoms with E-state index in [1.54, 1.807) is 0 Å². The van der Waals surface area contributed by atoms with E-state index in [4.69, 9.17) is 0 Å². The third-order valence-electron chi connectivity index (χ3n) is 8.33. The largest absolute Gasteiger partial charge is 0.0751 e. The fourth-order valence-corrected chi connectivity index (χ4v) is 6.93. The highest BCUT2D eigenvalue weighted by Gasteiger charge is 2.53. The van der Waals surface area contributed by atoms with Gasteiger partial charge in [-0.3, -0.25) is 0 Å². The van der Waals surface area contributed by atoms with Gasteiger partial charge in [0.2, 0.25) is 0 Å². The van der Waals surface area contributed by atoms with E-state index < -0.39 is 0 Å². The first-order valence-corrected chi connectivity index (χ1v) is 12.9. The number of hydrogen-bond donors (Lipinski definition) is 0. The van der Waals surface area contributed by atoms with Crippen molar-refractivity contribution in [2.24, 2.45) is 0 Å². The first-order chi connectivity index (χ1) is 17.8. The topological polar surface area (TPSA) is 0 Å². The Morgan fingerprint density at radius 1 is 0.528 bits per heavy atom. The van der Waals surface area contributed by atoms with Gasteiger partial charge in [-0.05, 0) is 51.4 Å². The van der Waals surface area contributed by atoms with Gasteiger partial charge in [0, 0.05) is 17.3 Å². The molecule has 172 valence electrons. The molecule has 0 nitrogen and oxygen atoms in total. The fraction of sp³-hybridized carbons (Fsp3) is 0.111. The van der Waals surface area contributed by atoms with Crippen LogP contribution in [0.3, 0.4) is 0 Å². The molecule has 0 aromatic heterocycles. The van der Waals surface area contributed by atoms with E-state index in [1.807, 2.05) is 0 Å². The third-order valence-corrected chi connectivity index (χ3v) is 8.33. The van der Waals surface area contributed by atoms with Crippen LogP contribution in [0.5, 0.6) is 0 Å². The Bertz CT molecular complexity index is 1510. The van der Waals surface area contributed by atoms with Crippen LogP contribution in [0, 0.1) is 6.92 Å². The molecule has 1 atom stereocenters. The van der Waals surface area contributed by atoms with Crippen LogP contribution < -0.4 is 0 Å². The Hall–Kier alpha value is -4.16. The Balaban J connectivity index is 1.64. The molecular formula is C36H28. The number of hydrogen-bond acceptors (Lipinski definition) is 0. The lowest BCUT2D eigenvalue weighted by Gasteiger charge is -2.46. The highest BCUT2D eigenvalue weighted by atomic mass is 14.5. The highest BCUT2D eigenvalue weighted by molar-refractivity contribution is 5.81. The quantitative estimate of drug-likeness (QED) is 0.251. The molecule has 5 aromatic carbocycles. The van der Waals surface area contributed by atoms with E-state index in [9.17, 15) is 0 Å². The summed E-state index contributed by atoms with van der Waals surface area (Å²) in [5, 5.41) is 0. The summed E-state index contributed by atoms with van der Waals surface area (Å²) in [5.41, 5.74) is 12.0. The van der Waals surface area contributed by atoms with Crippen LogP contribution in [-0.4, -0.2) is 0 Å². The summed E-state index contributed by atoms with van der Waals surface area (Å²) in [6.07, 6.45) is 4.81. The number of fused-ring (bicyclic) bond motifs is 4. The maximum atomic E-state index is 2.47. The molecule has 0 heteroatoms. The minimum absolute atomic E-state index is 0.177. The van der Waals surface area contributed by atoms with Gasteiger partial charge < -0.3 is 0 Å². The van der Waals surface area contributed by atoms with E-state index >= 15 is 0 Å². The SMILES string of the molecule is Cc1ccc2c(c1)C(C(c1ccccc1)(c1ccccc1)C1c3ccccc3-c3ccccc31)C=C2. The van der Waals surface area contributed by atoms with E-state index in [-0.39, 0.29) is 17.3 Å². The van der Waals surface area contributed by atoms with Crippen molar-refractivity contribution in [3.8, 4) is 11.1 Å². The van der Waals surface area contributed by atoms with Crippen LogP contribution in [0.25, 0.3) is 17.2 Å². The summed E-state index contributed by atoms with van der Waals surface area (Å²) in [6, 6.07) is 47.5. The summed E-state index contributed by atoms with van der Waals surface area (Å²) in [6.45, 7) is 2.21. The molecule has 0 radical (unpaired) electrons. The Morgan fingerprint density at radius 3 is 1.64 bits per heavy atom. The Morgan fingerprint density at radius 2 is 1.06 bits per heavy atom. The molecule has 2 aliphatic carbocycles. The summed E-state index contributed by atoms with van der Waals surface area (Å²) in [7, 11) is 0. The number of rotatable bonds is 4. The normalized spacial score (nSPS) is 16.0. The van der Waals surface area contributed by atoms with Crippen molar-refractivity contribution < 1.29 is 0 Å². The monoisotopic (exact) mass is 460 g/mol. The number of allylic oxidation sites excluding steroid dienone is 1. The average Bonchev–Trinajstić information content (AvgIpc) is 3.51. The molecule has 0 fully saturated rings. The van der Waals surface area contributed by atoms with Crippen molar-refractivity contribution in [3.63, 3.8) is 0 Å². The zero-order valence-corrected chi connectivity index (χ0v) is 20.4. The minimum atomic E-state index is -0.319. The molecule has 0 saturated carbocycles.